The van der Waals surface area contributed by atoms with Crippen molar-refractivity contribution in [2.45, 2.75) is 39.4 Å². The molecule has 3 nitrogen and oxygen atoms in total. The topological polar surface area (TPSA) is 46.5 Å². The Labute approximate surface area is 61.0 Å². The number of rotatable bonds is 2. The highest BCUT2D eigenvalue weighted by atomic mass is 16.5. The zero-order valence-electron chi connectivity index (χ0n) is 6.84. The van der Waals surface area contributed by atoms with Crippen molar-refractivity contribution in [3.63, 3.8) is 0 Å². The third-order valence-electron chi connectivity index (χ3n) is 0.878. The summed E-state index contributed by atoms with van der Waals surface area (Å²) in [7, 11) is 0. The molecule has 0 spiro atoms. The van der Waals surface area contributed by atoms with Crippen LogP contribution in [0.2, 0.25) is 0 Å². The van der Waals surface area contributed by atoms with Crippen molar-refractivity contribution < 1.29 is 14.6 Å². The number of hydrogen-bond acceptors (Lipinski definition) is 2. The molecule has 10 heavy (non-hydrogen) atoms. The molecule has 0 aromatic rings. The zero-order chi connectivity index (χ0) is 8.36. The standard InChI is InChI=1S/C7H14O3/c1-5(6(8)9)10-7(2,3)4/h5H,1-4H3,(H,8,9)/t5-/m1/s1. The molecule has 0 bridgehead atoms. The number of ether oxygens (including phenoxy) is 1. The molecule has 0 saturated heterocycles. The van der Waals surface area contributed by atoms with Gasteiger partial charge in [-0.15, -0.1) is 0 Å². The number of carboxylic acid groups (broad SMARTS) is 1. The van der Waals surface area contributed by atoms with Gasteiger partial charge in [-0.3, -0.25) is 0 Å². The van der Waals surface area contributed by atoms with Gasteiger partial charge in [0, 0.05) is 0 Å². The van der Waals surface area contributed by atoms with Gasteiger partial charge < -0.3 is 9.84 Å². The fourth-order valence-corrected chi connectivity index (χ4v) is 0.581. The Hall–Kier alpha value is -0.570. The molecule has 0 aliphatic rings. The van der Waals surface area contributed by atoms with Crippen molar-refractivity contribution >= 4 is 5.97 Å². The molecular formula is C7H14O3. The van der Waals surface area contributed by atoms with E-state index < -0.39 is 12.1 Å². The maximum atomic E-state index is 10.3. The van der Waals surface area contributed by atoms with Gasteiger partial charge in [0.2, 0.25) is 0 Å². The van der Waals surface area contributed by atoms with E-state index in [1.165, 1.54) is 6.92 Å². The van der Waals surface area contributed by atoms with Gasteiger partial charge in [-0.05, 0) is 27.7 Å². The van der Waals surface area contributed by atoms with Gasteiger partial charge in [-0.1, -0.05) is 0 Å². The Morgan fingerprint density at radius 3 is 2.00 bits per heavy atom. The van der Waals surface area contributed by atoms with E-state index in [4.69, 9.17) is 9.84 Å². The molecule has 0 radical (unpaired) electrons. The molecule has 0 unspecified atom stereocenters. The SMILES string of the molecule is C[C@@H](OC(C)(C)C)C(=O)O. The zero-order valence-corrected chi connectivity index (χ0v) is 6.84. The lowest BCUT2D eigenvalue weighted by atomic mass is 10.2. The quantitative estimate of drug-likeness (QED) is 0.638. The van der Waals surface area contributed by atoms with Gasteiger partial charge in [0.25, 0.3) is 0 Å². The van der Waals surface area contributed by atoms with E-state index in [2.05, 4.69) is 0 Å². The predicted octanol–water partition coefficient (Wildman–Crippen LogP) is 1.27. The fraction of sp³-hybridized carbons (Fsp3) is 0.857. The van der Waals surface area contributed by atoms with Crippen LogP contribution in [0.25, 0.3) is 0 Å². The normalized spacial score (nSPS) is 14.8. The Kier molecular flexibility index (Phi) is 2.84. The van der Waals surface area contributed by atoms with E-state index in [0.29, 0.717) is 0 Å². The molecule has 1 atom stereocenters. The summed E-state index contributed by atoms with van der Waals surface area (Å²) in [5.41, 5.74) is -0.377. The summed E-state index contributed by atoms with van der Waals surface area (Å²) in [6, 6.07) is 0. The molecule has 0 fully saturated rings. The van der Waals surface area contributed by atoms with Crippen molar-refractivity contribution in [1.29, 1.82) is 0 Å². The summed E-state index contributed by atoms with van der Waals surface area (Å²) in [4.78, 5) is 10.3. The monoisotopic (exact) mass is 146 g/mol. The lowest BCUT2D eigenvalue weighted by Gasteiger charge is -2.22. The second-order valence-electron chi connectivity index (χ2n) is 3.21. The third kappa shape index (κ3) is 4.32. The first kappa shape index (κ1) is 9.43. The molecule has 60 valence electrons. The molecule has 1 N–H and O–H groups in total. The van der Waals surface area contributed by atoms with Crippen LogP contribution >= 0.6 is 0 Å². The maximum absolute atomic E-state index is 10.3. The molecular weight excluding hydrogens is 132 g/mol. The average Bonchev–Trinajstić information content (AvgIpc) is 1.60. The van der Waals surface area contributed by atoms with Gasteiger partial charge in [-0.2, -0.15) is 0 Å². The van der Waals surface area contributed by atoms with Gasteiger partial charge >= 0.3 is 5.97 Å². The Bertz CT molecular complexity index is 123. The van der Waals surface area contributed by atoms with Crippen molar-refractivity contribution in [3.8, 4) is 0 Å². The van der Waals surface area contributed by atoms with Crippen LogP contribution in [-0.2, 0) is 9.53 Å². The van der Waals surface area contributed by atoms with Gasteiger partial charge in [0.15, 0.2) is 6.10 Å². The van der Waals surface area contributed by atoms with Gasteiger partial charge in [-0.25, -0.2) is 4.79 Å². The molecule has 3 heteroatoms. The molecule has 0 aliphatic heterocycles. The highest BCUT2D eigenvalue weighted by molar-refractivity contribution is 5.71. The fourth-order valence-electron chi connectivity index (χ4n) is 0.581. The van der Waals surface area contributed by atoms with Crippen LogP contribution in [0.3, 0.4) is 0 Å². The largest absolute Gasteiger partial charge is 0.479 e. The number of carbonyl (C=O) groups is 1. The minimum Gasteiger partial charge on any atom is -0.479 e. The van der Waals surface area contributed by atoms with Gasteiger partial charge in [0.05, 0.1) is 5.60 Å². The minimum atomic E-state index is -0.921. The number of hydrogen-bond donors (Lipinski definition) is 1. The predicted molar refractivity (Wildman–Crippen MR) is 37.9 cm³/mol. The Morgan fingerprint density at radius 1 is 1.50 bits per heavy atom. The summed E-state index contributed by atoms with van der Waals surface area (Å²) < 4.78 is 5.10. The lowest BCUT2D eigenvalue weighted by Crippen LogP contribution is -2.30. The van der Waals surface area contributed by atoms with Crippen LogP contribution in [0, 0.1) is 0 Å². The summed E-state index contributed by atoms with van der Waals surface area (Å²) in [5, 5.41) is 8.42. The molecule has 0 aromatic carbocycles. The van der Waals surface area contributed by atoms with Crippen molar-refractivity contribution in [2.75, 3.05) is 0 Å². The van der Waals surface area contributed by atoms with E-state index in [0.717, 1.165) is 0 Å². The van der Waals surface area contributed by atoms with Crippen LogP contribution in [0.15, 0.2) is 0 Å². The van der Waals surface area contributed by atoms with Gasteiger partial charge in [0.1, 0.15) is 0 Å². The number of aliphatic carboxylic acids is 1. The molecule has 0 saturated carbocycles. The van der Waals surface area contributed by atoms with E-state index >= 15 is 0 Å². The number of carboxylic acids is 1. The average molecular weight is 146 g/mol. The smallest absolute Gasteiger partial charge is 0.332 e. The first-order valence-corrected chi connectivity index (χ1v) is 3.23. The summed E-state index contributed by atoms with van der Waals surface area (Å²) in [6.45, 7) is 7.00. The summed E-state index contributed by atoms with van der Waals surface area (Å²) in [5.74, 6) is -0.921. The second kappa shape index (κ2) is 3.01. The van der Waals surface area contributed by atoms with E-state index in [-0.39, 0.29) is 5.60 Å². The molecule has 0 rings (SSSR count). The highest BCUT2D eigenvalue weighted by Crippen LogP contribution is 2.09. The van der Waals surface area contributed by atoms with Crippen LogP contribution < -0.4 is 0 Å². The first-order chi connectivity index (χ1) is 4.33. The summed E-state index contributed by atoms with van der Waals surface area (Å²) >= 11 is 0. The minimum absolute atomic E-state index is 0.377. The Morgan fingerprint density at radius 2 is 1.90 bits per heavy atom. The molecule has 0 amide bonds. The first-order valence-electron chi connectivity index (χ1n) is 3.23. The molecule has 0 aliphatic carbocycles. The molecule has 0 aromatic heterocycles. The highest BCUT2D eigenvalue weighted by Gasteiger charge is 2.19. The van der Waals surface area contributed by atoms with Crippen molar-refractivity contribution in [3.05, 3.63) is 0 Å². The van der Waals surface area contributed by atoms with Crippen LogP contribution in [0.1, 0.15) is 27.7 Å². The van der Waals surface area contributed by atoms with Crippen molar-refractivity contribution in [2.24, 2.45) is 0 Å². The van der Waals surface area contributed by atoms with Crippen LogP contribution in [0.5, 0.6) is 0 Å². The maximum Gasteiger partial charge on any atom is 0.332 e. The van der Waals surface area contributed by atoms with E-state index in [9.17, 15) is 4.79 Å². The van der Waals surface area contributed by atoms with Crippen LogP contribution in [0.4, 0.5) is 0 Å². The summed E-state index contributed by atoms with van der Waals surface area (Å²) in [6.07, 6.45) is -0.722. The second-order valence-corrected chi connectivity index (χ2v) is 3.21. The molecule has 0 heterocycles. The lowest BCUT2D eigenvalue weighted by molar-refractivity contribution is -0.157. The van der Waals surface area contributed by atoms with Crippen LogP contribution in [-0.4, -0.2) is 22.8 Å². The van der Waals surface area contributed by atoms with Crippen molar-refractivity contribution in [1.82, 2.24) is 0 Å². The third-order valence-corrected chi connectivity index (χ3v) is 0.878. The Balaban J connectivity index is 3.80. The van der Waals surface area contributed by atoms with E-state index in [1.807, 2.05) is 20.8 Å². The van der Waals surface area contributed by atoms with E-state index in [1.54, 1.807) is 0 Å².